The van der Waals surface area contributed by atoms with Crippen LogP contribution in [0.4, 0.5) is 4.39 Å². The Morgan fingerprint density at radius 3 is 2.89 bits per heavy atom. The molecule has 1 aliphatic carbocycles. The second-order valence-electron chi connectivity index (χ2n) is 4.15. The third-order valence-electron chi connectivity index (χ3n) is 2.87. The Morgan fingerprint density at radius 1 is 1.53 bits per heavy atom. The van der Waals surface area contributed by atoms with E-state index in [0.717, 1.165) is 0 Å². The molecule has 0 fully saturated rings. The molecule has 1 aliphatic rings. The van der Waals surface area contributed by atoms with E-state index in [2.05, 4.69) is 4.98 Å². The van der Waals surface area contributed by atoms with Crippen LogP contribution in [0, 0.1) is 5.92 Å². The number of rotatable bonds is 3. The van der Waals surface area contributed by atoms with Crippen molar-refractivity contribution in [1.29, 1.82) is 0 Å². The van der Waals surface area contributed by atoms with Gasteiger partial charge in [0.1, 0.15) is 0 Å². The second-order valence-corrected chi connectivity index (χ2v) is 5.11. The summed E-state index contributed by atoms with van der Waals surface area (Å²) in [6, 6.07) is 1.30. The number of allylic oxidation sites excluding steroid dienone is 4. The summed E-state index contributed by atoms with van der Waals surface area (Å²) in [5.41, 5.74) is 0.259. The normalized spacial score (nSPS) is 25.5. The smallest absolute Gasteiger partial charge is 0.337 e. The fourth-order valence-corrected chi connectivity index (χ4v) is 2.33. The average molecular weight is 302 g/mol. The predicted octanol–water partition coefficient (Wildman–Crippen LogP) is 3.62. The lowest BCUT2D eigenvalue weighted by atomic mass is 9.92. The second kappa shape index (κ2) is 5.31. The molecule has 2 unspecified atom stereocenters. The van der Waals surface area contributed by atoms with Crippen LogP contribution in [0.25, 0.3) is 0 Å². The minimum absolute atomic E-state index is 0.0189. The first-order valence-electron chi connectivity index (χ1n) is 5.52. The molecule has 1 aromatic heterocycles. The maximum absolute atomic E-state index is 14.1. The van der Waals surface area contributed by atoms with Gasteiger partial charge in [0, 0.05) is 18.5 Å². The van der Waals surface area contributed by atoms with Crippen molar-refractivity contribution >= 4 is 29.2 Å². The molecule has 19 heavy (non-hydrogen) atoms. The average Bonchev–Trinajstić information content (AvgIpc) is 2.33. The molecular weight excluding hydrogens is 292 g/mol. The van der Waals surface area contributed by atoms with Gasteiger partial charge in [-0.25, -0.2) is 9.18 Å². The Kier molecular flexibility index (Phi) is 3.92. The first kappa shape index (κ1) is 14.0. The highest BCUT2D eigenvalue weighted by Gasteiger charge is 2.35. The van der Waals surface area contributed by atoms with Crippen LogP contribution in [-0.2, 0) is 6.42 Å². The van der Waals surface area contributed by atoms with E-state index >= 15 is 0 Å². The van der Waals surface area contributed by atoms with Gasteiger partial charge in [-0.15, -0.1) is 0 Å². The third-order valence-corrected chi connectivity index (χ3v) is 3.70. The van der Waals surface area contributed by atoms with Gasteiger partial charge in [0.15, 0.2) is 0 Å². The SMILES string of the molecule is O=C(O)c1ccnc(CC2C=CC=CC2(F)Cl)c1Cl. The maximum Gasteiger partial charge on any atom is 0.337 e. The zero-order valence-electron chi connectivity index (χ0n) is 9.69. The summed E-state index contributed by atoms with van der Waals surface area (Å²) in [5, 5.41) is 6.97. The van der Waals surface area contributed by atoms with Gasteiger partial charge in [0.05, 0.1) is 16.3 Å². The number of hydrogen-bond acceptors (Lipinski definition) is 2. The van der Waals surface area contributed by atoms with Gasteiger partial charge in [-0.05, 0) is 12.1 Å². The Labute approximate surface area is 119 Å². The number of carboxylic acids is 1. The van der Waals surface area contributed by atoms with Crippen LogP contribution in [0.5, 0.6) is 0 Å². The van der Waals surface area contributed by atoms with Crippen molar-refractivity contribution < 1.29 is 14.3 Å². The number of alkyl halides is 2. The molecule has 0 saturated heterocycles. The number of pyridine rings is 1. The standard InChI is InChI=1S/C13H10Cl2FNO2/c14-11-9(12(18)19)4-6-17-10(11)7-8-3-1-2-5-13(8,15)16/h1-6,8H,7H2,(H,18,19). The molecule has 0 spiro atoms. The largest absolute Gasteiger partial charge is 0.478 e. The van der Waals surface area contributed by atoms with Crippen molar-refractivity contribution in [2.75, 3.05) is 0 Å². The number of carbonyl (C=O) groups is 1. The number of halogens is 3. The van der Waals surface area contributed by atoms with E-state index in [-0.39, 0.29) is 17.0 Å². The van der Waals surface area contributed by atoms with Crippen LogP contribution in [0.2, 0.25) is 5.02 Å². The van der Waals surface area contributed by atoms with Crippen molar-refractivity contribution in [2.45, 2.75) is 11.5 Å². The highest BCUT2D eigenvalue weighted by molar-refractivity contribution is 6.34. The van der Waals surface area contributed by atoms with Gasteiger partial charge in [-0.1, -0.05) is 41.4 Å². The maximum atomic E-state index is 14.1. The molecule has 0 saturated carbocycles. The van der Waals surface area contributed by atoms with Gasteiger partial charge in [0.25, 0.3) is 0 Å². The van der Waals surface area contributed by atoms with E-state index in [1.807, 2.05) is 0 Å². The van der Waals surface area contributed by atoms with Crippen LogP contribution in [0.1, 0.15) is 16.1 Å². The molecule has 1 N–H and O–H groups in total. The molecule has 0 aromatic carbocycles. The number of hydrogen-bond donors (Lipinski definition) is 1. The van der Waals surface area contributed by atoms with Crippen LogP contribution >= 0.6 is 23.2 Å². The lowest BCUT2D eigenvalue weighted by Gasteiger charge is -2.25. The molecule has 1 aromatic rings. The summed E-state index contributed by atoms with van der Waals surface area (Å²) in [4.78, 5) is 15.0. The Hall–Kier alpha value is -1.39. The minimum atomic E-state index is -2.01. The fourth-order valence-electron chi connectivity index (χ4n) is 1.84. The van der Waals surface area contributed by atoms with E-state index in [4.69, 9.17) is 28.3 Å². The molecule has 0 amide bonds. The molecule has 3 nitrogen and oxygen atoms in total. The van der Waals surface area contributed by atoms with Crippen molar-refractivity contribution in [3.8, 4) is 0 Å². The van der Waals surface area contributed by atoms with Crippen LogP contribution < -0.4 is 0 Å². The van der Waals surface area contributed by atoms with E-state index in [0.29, 0.717) is 5.69 Å². The van der Waals surface area contributed by atoms with Crippen LogP contribution in [0.3, 0.4) is 0 Å². The molecular formula is C13H10Cl2FNO2. The van der Waals surface area contributed by atoms with Gasteiger partial charge in [0.2, 0.25) is 5.13 Å². The Morgan fingerprint density at radius 2 is 2.26 bits per heavy atom. The minimum Gasteiger partial charge on any atom is -0.478 e. The van der Waals surface area contributed by atoms with Gasteiger partial charge < -0.3 is 5.11 Å². The van der Waals surface area contributed by atoms with Gasteiger partial charge in [-0.3, -0.25) is 4.98 Å². The fraction of sp³-hybridized carbons (Fsp3) is 0.231. The van der Waals surface area contributed by atoms with Crippen LogP contribution in [0.15, 0.2) is 36.6 Å². The van der Waals surface area contributed by atoms with Crippen molar-refractivity contribution in [2.24, 2.45) is 5.92 Å². The van der Waals surface area contributed by atoms with E-state index in [1.165, 1.54) is 24.4 Å². The van der Waals surface area contributed by atoms with Gasteiger partial charge >= 0.3 is 5.97 Å². The molecule has 2 atom stereocenters. The van der Waals surface area contributed by atoms with Crippen LogP contribution in [-0.4, -0.2) is 21.2 Å². The molecule has 6 heteroatoms. The molecule has 1 heterocycles. The first-order chi connectivity index (χ1) is 8.92. The summed E-state index contributed by atoms with van der Waals surface area (Å²) in [7, 11) is 0. The summed E-state index contributed by atoms with van der Waals surface area (Å²) >= 11 is 11.7. The van der Waals surface area contributed by atoms with E-state index < -0.39 is 17.0 Å². The van der Waals surface area contributed by atoms with Crippen molar-refractivity contribution in [3.63, 3.8) is 0 Å². The van der Waals surface area contributed by atoms with Crippen molar-refractivity contribution in [3.05, 3.63) is 52.8 Å². The number of nitrogens with zero attached hydrogens (tertiary/aromatic N) is 1. The van der Waals surface area contributed by atoms with E-state index in [9.17, 15) is 9.18 Å². The summed E-state index contributed by atoms with van der Waals surface area (Å²) < 4.78 is 14.1. The topological polar surface area (TPSA) is 50.2 Å². The third kappa shape index (κ3) is 2.96. The lowest BCUT2D eigenvalue weighted by Crippen LogP contribution is -2.27. The molecule has 0 aliphatic heterocycles. The van der Waals surface area contributed by atoms with Gasteiger partial charge in [-0.2, -0.15) is 0 Å². The highest BCUT2D eigenvalue weighted by atomic mass is 35.5. The molecule has 2 rings (SSSR count). The van der Waals surface area contributed by atoms with E-state index in [1.54, 1.807) is 12.2 Å². The molecule has 0 bridgehead atoms. The Balaban J connectivity index is 2.30. The first-order valence-corrected chi connectivity index (χ1v) is 6.28. The number of carboxylic acid groups (broad SMARTS) is 1. The quantitative estimate of drug-likeness (QED) is 0.868. The lowest BCUT2D eigenvalue weighted by molar-refractivity contribution is 0.0697. The zero-order valence-corrected chi connectivity index (χ0v) is 11.2. The number of aromatic carboxylic acids is 1. The Bertz CT molecular complexity index is 570. The predicted molar refractivity (Wildman–Crippen MR) is 71.4 cm³/mol. The number of aromatic nitrogens is 1. The summed E-state index contributed by atoms with van der Waals surface area (Å²) in [5.74, 6) is -1.79. The molecule has 100 valence electrons. The molecule has 0 radical (unpaired) electrons. The summed E-state index contributed by atoms with van der Waals surface area (Å²) in [6.45, 7) is 0. The summed E-state index contributed by atoms with van der Waals surface area (Å²) in [6.07, 6.45) is 7.51. The van der Waals surface area contributed by atoms with Crippen molar-refractivity contribution in [1.82, 2.24) is 4.98 Å². The monoisotopic (exact) mass is 301 g/mol. The zero-order chi connectivity index (χ0) is 14.0. The highest BCUT2D eigenvalue weighted by Crippen LogP contribution is 2.36.